The summed E-state index contributed by atoms with van der Waals surface area (Å²) in [5.74, 6) is 0. The number of aliphatic hydroxyl groups excluding tert-OH is 1. The number of benzene rings is 1. The molecule has 20 heavy (non-hydrogen) atoms. The molecule has 4 nitrogen and oxygen atoms in total. The number of aliphatic hydroxyl groups is 1. The van der Waals surface area contributed by atoms with Crippen molar-refractivity contribution in [3.05, 3.63) is 35.9 Å². The molecule has 0 saturated heterocycles. The van der Waals surface area contributed by atoms with Crippen LogP contribution in [0.3, 0.4) is 0 Å². The van der Waals surface area contributed by atoms with Crippen molar-refractivity contribution in [3.8, 4) is 0 Å². The van der Waals surface area contributed by atoms with Crippen molar-refractivity contribution in [2.24, 2.45) is 0 Å². The van der Waals surface area contributed by atoms with Gasteiger partial charge < -0.3 is 19.3 Å². The first kappa shape index (κ1) is 17.1. The molecule has 4 heteroatoms. The van der Waals surface area contributed by atoms with E-state index in [4.69, 9.17) is 19.3 Å². The van der Waals surface area contributed by atoms with Crippen molar-refractivity contribution in [1.82, 2.24) is 0 Å². The lowest BCUT2D eigenvalue weighted by atomic mass is 10.2. The van der Waals surface area contributed by atoms with Crippen LogP contribution < -0.4 is 0 Å². The Labute approximate surface area is 121 Å². The molecule has 0 spiro atoms. The maximum absolute atomic E-state index is 8.86. The molecule has 0 aliphatic heterocycles. The van der Waals surface area contributed by atoms with Crippen LogP contribution in [0.15, 0.2) is 30.3 Å². The number of hydrogen-bond donors (Lipinski definition) is 1. The minimum Gasteiger partial charge on any atom is -0.394 e. The highest BCUT2D eigenvalue weighted by Gasteiger charge is 2.09. The summed E-state index contributed by atoms with van der Waals surface area (Å²) < 4.78 is 16.8. The standard InChI is InChI=1S/C16H26O4/c1-13(9-17)18-10-14(2)19-11-15(3)20-12-16-7-5-4-6-8-16/h4-8,13-15,17H,9-12H2,1-3H3. The van der Waals surface area contributed by atoms with Crippen molar-refractivity contribution >= 4 is 0 Å². The van der Waals surface area contributed by atoms with Crippen LogP contribution in [-0.2, 0) is 20.8 Å². The van der Waals surface area contributed by atoms with E-state index in [2.05, 4.69) is 0 Å². The third kappa shape index (κ3) is 7.60. The Hall–Kier alpha value is -0.940. The van der Waals surface area contributed by atoms with Crippen LogP contribution in [0.1, 0.15) is 26.3 Å². The number of hydrogen-bond acceptors (Lipinski definition) is 4. The van der Waals surface area contributed by atoms with Gasteiger partial charge in [0.15, 0.2) is 0 Å². The van der Waals surface area contributed by atoms with Crippen LogP contribution in [0, 0.1) is 0 Å². The summed E-state index contributed by atoms with van der Waals surface area (Å²) in [5.41, 5.74) is 1.16. The second-order valence-electron chi connectivity index (χ2n) is 5.08. The Kier molecular flexibility index (Phi) is 8.46. The van der Waals surface area contributed by atoms with Gasteiger partial charge in [0.05, 0.1) is 44.7 Å². The Balaban J connectivity index is 2.11. The third-order valence-corrected chi connectivity index (χ3v) is 2.87. The second-order valence-corrected chi connectivity index (χ2v) is 5.08. The highest BCUT2D eigenvalue weighted by Crippen LogP contribution is 2.05. The molecule has 0 saturated carbocycles. The lowest BCUT2D eigenvalue weighted by Crippen LogP contribution is -2.26. The molecule has 114 valence electrons. The average Bonchev–Trinajstić information content (AvgIpc) is 2.49. The molecule has 1 rings (SSSR count). The Morgan fingerprint density at radius 3 is 2.00 bits per heavy atom. The van der Waals surface area contributed by atoms with Gasteiger partial charge in [-0.1, -0.05) is 30.3 Å². The molecule has 0 fully saturated rings. The minimum absolute atomic E-state index is 0.00762. The van der Waals surface area contributed by atoms with Crippen LogP contribution in [0.4, 0.5) is 0 Å². The topological polar surface area (TPSA) is 47.9 Å². The Morgan fingerprint density at radius 2 is 1.40 bits per heavy atom. The summed E-state index contributed by atoms with van der Waals surface area (Å²) in [5, 5.41) is 8.86. The molecule has 3 unspecified atom stereocenters. The molecule has 0 amide bonds. The van der Waals surface area contributed by atoms with E-state index in [-0.39, 0.29) is 24.9 Å². The van der Waals surface area contributed by atoms with Gasteiger partial charge in [-0.15, -0.1) is 0 Å². The highest BCUT2D eigenvalue weighted by molar-refractivity contribution is 5.13. The maximum Gasteiger partial charge on any atom is 0.0785 e. The van der Waals surface area contributed by atoms with E-state index in [1.165, 1.54) is 0 Å². The fraction of sp³-hybridized carbons (Fsp3) is 0.625. The fourth-order valence-corrected chi connectivity index (χ4v) is 1.56. The molecule has 0 bridgehead atoms. The van der Waals surface area contributed by atoms with E-state index in [0.29, 0.717) is 19.8 Å². The molecule has 0 aliphatic rings. The van der Waals surface area contributed by atoms with Crippen molar-refractivity contribution < 1.29 is 19.3 Å². The van der Waals surface area contributed by atoms with Crippen molar-refractivity contribution in [1.29, 1.82) is 0 Å². The Bertz CT molecular complexity index is 342. The molecule has 1 aromatic rings. The molecular formula is C16H26O4. The summed E-state index contributed by atoms with van der Waals surface area (Å²) in [6.45, 7) is 7.41. The molecule has 0 radical (unpaired) electrons. The molecule has 1 N–H and O–H groups in total. The van der Waals surface area contributed by atoms with Gasteiger partial charge in [0.2, 0.25) is 0 Å². The van der Waals surface area contributed by atoms with E-state index >= 15 is 0 Å². The molecule has 3 atom stereocenters. The number of ether oxygens (including phenoxy) is 3. The summed E-state index contributed by atoms with van der Waals surface area (Å²) in [6.07, 6.45) is -0.118. The number of rotatable bonds is 10. The van der Waals surface area contributed by atoms with E-state index in [1.54, 1.807) is 0 Å². The van der Waals surface area contributed by atoms with Crippen LogP contribution in [-0.4, -0.2) is 43.2 Å². The van der Waals surface area contributed by atoms with E-state index in [1.807, 2.05) is 51.1 Å². The van der Waals surface area contributed by atoms with Crippen LogP contribution in [0.5, 0.6) is 0 Å². The predicted molar refractivity (Wildman–Crippen MR) is 78.6 cm³/mol. The predicted octanol–water partition coefficient (Wildman–Crippen LogP) is 2.39. The van der Waals surface area contributed by atoms with Gasteiger partial charge in [0.1, 0.15) is 0 Å². The van der Waals surface area contributed by atoms with Gasteiger partial charge in [-0.2, -0.15) is 0 Å². The fourth-order valence-electron chi connectivity index (χ4n) is 1.56. The maximum atomic E-state index is 8.86. The minimum atomic E-state index is -0.146. The Morgan fingerprint density at radius 1 is 0.850 bits per heavy atom. The van der Waals surface area contributed by atoms with Gasteiger partial charge >= 0.3 is 0 Å². The molecule has 0 aliphatic carbocycles. The lowest BCUT2D eigenvalue weighted by Gasteiger charge is -2.19. The zero-order chi connectivity index (χ0) is 14.8. The zero-order valence-electron chi connectivity index (χ0n) is 12.6. The van der Waals surface area contributed by atoms with Gasteiger partial charge in [0.25, 0.3) is 0 Å². The zero-order valence-corrected chi connectivity index (χ0v) is 12.6. The average molecular weight is 282 g/mol. The first-order valence-corrected chi connectivity index (χ1v) is 7.11. The highest BCUT2D eigenvalue weighted by atomic mass is 16.6. The molecule has 0 heterocycles. The summed E-state index contributed by atoms with van der Waals surface area (Å²) in [7, 11) is 0. The van der Waals surface area contributed by atoms with Crippen LogP contribution >= 0.6 is 0 Å². The van der Waals surface area contributed by atoms with Gasteiger partial charge in [0, 0.05) is 0 Å². The quantitative estimate of drug-likeness (QED) is 0.716. The van der Waals surface area contributed by atoms with E-state index in [0.717, 1.165) is 5.56 Å². The SMILES string of the molecule is CC(CO)OCC(C)OCC(C)OCc1ccccc1. The third-order valence-electron chi connectivity index (χ3n) is 2.87. The first-order chi connectivity index (χ1) is 9.61. The van der Waals surface area contributed by atoms with Crippen molar-refractivity contribution in [3.63, 3.8) is 0 Å². The van der Waals surface area contributed by atoms with E-state index < -0.39 is 0 Å². The molecule has 1 aromatic carbocycles. The summed E-state index contributed by atoms with van der Waals surface area (Å²) >= 11 is 0. The largest absolute Gasteiger partial charge is 0.394 e. The summed E-state index contributed by atoms with van der Waals surface area (Å²) in [4.78, 5) is 0. The monoisotopic (exact) mass is 282 g/mol. The first-order valence-electron chi connectivity index (χ1n) is 7.11. The molecular weight excluding hydrogens is 256 g/mol. The van der Waals surface area contributed by atoms with Gasteiger partial charge in [-0.25, -0.2) is 0 Å². The van der Waals surface area contributed by atoms with Gasteiger partial charge in [-0.05, 0) is 26.3 Å². The smallest absolute Gasteiger partial charge is 0.0785 e. The van der Waals surface area contributed by atoms with Gasteiger partial charge in [-0.3, -0.25) is 0 Å². The van der Waals surface area contributed by atoms with Crippen LogP contribution in [0.2, 0.25) is 0 Å². The van der Waals surface area contributed by atoms with E-state index in [9.17, 15) is 0 Å². The normalized spacial score (nSPS) is 15.8. The lowest BCUT2D eigenvalue weighted by molar-refractivity contribution is -0.0770. The summed E-state index contributed by atoms with van der Waals surface area (Å²) in [6, 6.07) is 10.1. The molecule has 0 aromatic heterocycles. The second kappa shape index (κ2) is 9.88. The van der Waals surface area contributed by atoms with Crippen molar-refractivity contribution in [2.45, 2.75) is 45.7 Å². The van der Waals surface area contributed by atoms with Crippen molar-refractivity contribution in [2.75, 3.05) is 19.8 Å². The van der Waals surface area contributed by atoms with Crippen LogP contribution in [0.25, 0.3) is 0 Å².